The number of fused-ring (bicyclic) bond motifs is 1. The third kappa shape index (κ3) is 4.16. The summed E-state index contributed by atoms with van der Waals surface area (Å²) in [6.07, 6.45) is 0. The lowest BCUT2D eigenvalue weighted by atomic mass is 9.94. The van der Waals surface area contributed by atoms with Crippen molar-refractivity contribution in [3.8, 4) is 5.75 Å². The van der Waals surface area contributed by atoms with E-state index in [0.717, 1.165) is 0 Å². The van der Waals surface area contributed by atoms with Gasteiger partial charge in [-0.1, -0.05) is 41.4 Å². The summed E-state index contributed by atoms with van der Waals surface area (Å²) in [6, 6.07) is 19.3. The largest absolute Gasteiger partial charge is 0.503 e. The Morgan fingerprint density at radius 2 is 1.77 bits per heavy atom. The summed E-state index contributed by atoms with van der Waals surface area (Å²) in [5, 5.41) is 12.6. The Bertz CT molecular complexity index is 1490. The third-order valence-corrected chi connectivity index (χ3v) is 6.23. The van der Waals surface area contributed by atoms with Crippen LogP contribution in [0.1, 0.15) is 29.1 Å². The fraction of sp³-hybridized carbons (Fsp3) is 0.111. The van der Waals surface area contributed by atoms with Gasteiger partial charge in [0.05, 0.1) is 18.2 Å². The molecule has 1 aromatic heterocycles. The molecule has 0 bridgehead atoms. The topological polar surface area (TPSA) is 80.0 Å². The monoisotopic (exact) mass is 507 g/mol. The molecule has 8 heteroatoms. The molecule has 1 aliphatic heterocycles. The average molecular weight is 508 g/mol. The molecule has 4 aromatic rings. The van der Waals surface area contributed by atoms with Crippen LogP contribution in [0.25, 0.3) is 11.0 Å². The molecule has 1 N–H and O–H groups in total. The van der Waals surface area contributed by atoms with E-state index in [4.69, 9.17) is 32.4 Å². The SMILES string of the molecule is CCOc1cccc(N2C(=O)C(O)=C(C(=O)c3cc4cc(Cl)ccc4o3)C2c2ccc(Cl)cc2)c1. The number of aliphatic hydroxyl groups is 1. The van der Waals surface area contributed by atoms with Gasteiger partial charge in [0.1, 0.15) is 11.3 Å². The molecule has 35 heavy (non-hydrogen) atoms. The van der Waals surface area contributed by atoms with Gasteiger partial charge in [-0.2, -0.15) is 0 Å². The van der Waals surface area contributed by atoms with Gasteiger partial charge in [-0.3, -0.25) is 14.5 Å². The number of carbonyl (C=O) groups excluding carboxylic acids is 2. The Hall–Kier alpha value is -3.74. The first kappa shape index (κ1) is 23.0. The van der Waals surface area contributed by atoms with E-state index in [1.54, 1.807) is 72.8 Å². The molecule has 1 aliphatic rings. The van der Waals surface area contributed by atoms with Gasteiger partial charge in [0.25, 0.3) is 5.91 Å². The van der Waals surface area contributed by atoms with Gasteiger partial charge in [0, 0.05) is 27.2 Å². The van der Waals surface area contributed by atoms with Crippen molar-refractivity contribution in [1.29, 1.82) is 0 Å². The summed E-state index contributed by atoms with van der Waals surface area (Å²) in [5.74, 6) is -1.41. The fourth-order valence-electron chi connectivity index (χ4n) is 4.21. The zero-order valence-corrected chi connectivity index (χ0v) is 20.0. The average Bonchev–Trinajstić information content (AvgIpc) is 3.38. The maximum Gasteiger partial charge on any atom is 0.294 e. The molecule has 1 atom stereocenters. The lowest BCUT2D eigenvalue weighted by molar-refractivity contribution is -0.117. The number of ketones is 1. The van der Waals surface area contributed by atoms with Crippen LogP contribution in [0.5, 0.6) is 5.75 Å². The van der Waals surface area contributed by atoms with Gasteiger partial charge in [0.15, 0.2) is 11.5 Å². The minimum absolute atomic E-state index is 0.0134. The number of hydrogen-bond acceptors (Lipinski definition) is 5. The molecule has 0 spiro atoms. The number of furan rings is 1. The van der Waals surface area contributed by atoms with E-state index in [0.29, 0.717) is 44.6 Å². The standard InChI is InChI=1S/C27H19Cl2NO5/c1-2-34-20-5-3-4-19(14-20)30-24(15-6-8-17(28)9-7-15)23(26(32)27(30)33)25(31)22-13-16-12-18(29)10-11-21(16)35-22/h3-14,24,32H,2H2,1H3. The van der Waals surface area contributed by atoms with Gasteiger partial charge in [-0.05, 0) is 61.0 Å². The number of benzene rings is 3. The number of rotatable bonds is 6. The van der Waals surface area contributed by atoms with Gasteiger partial charge in [-0.25, -0.2) is 0 Å². The summed E-state index contributed by atoms with van der Waals surface area (Å²) in [4.78, 5) is 28.4. The van der Waals surface area contributed by atoms with Crippen molar-refractivity contribution in [1.82, 2.24) is 0 Å². The number of carbonyl (C=O) groups is 2. The van der Waals surface area contributed by atoms with Crippen molar-refractivity contribution in [3.05, 3.63) is 105 Å². The molecule has 0 fully saturated rings. The molecule has 0 saturated heterocycles. The first-order valence-corrected chi connectivity index (χ1v) is 11.6. The smallest absolute Gasteiger partial charge is 0.294 e. The Labute approximate surface area is 210 Å². The highest BCUT2D eigenvalue weighted by Crippen LogP contribution is 2.43. The molecule has 0 aliphatic carbocycles. The van der Waals surface area contributed by atoms with Crippen LogP contribution >= 0.6 is 23.2 Å². The molecule has 6 nitrogen and oxygen atoms in total. The first-order valence-electron chi connectivity index (χ1n) is 10.9. The van der Waals surface area contributed by atoms with Crippen molar-refractivity contribution in [2.45, 2.75) is 13.0 Å². The normalized spacial score (nSPS) is 15.8. The lowest BCUT2D eigenvalue weighted by Gasteiger charge is -2.27. The van der Waals surface area contributed by atoms with E-state index in [-0.39, 0.29) is 11.3 Å². The number of halogens is 2. The summed E-state index contributed by atoms with van der Waals surface area (Å²) in [7, 11) is 0. The van der Waals surface area contributed by atoms with E-state index < -0.39 is 23.5 Å². The van der Waals surface area contributed by atoms with Gasteiger partial charge in [-0.15, -0.1) is 0 Å². The molecule has 0 radical (unpaired) electrons. The Balaban J connectivity index is 1.64. The number of nitrogens with zero attached hydrogens (tertiary/aromatic N) is 1. The lowest BCUT2D eigenvalue weighted by Crippen LogP contribution is -2.31. The number of ether oxygens (including phenoxy) is 1. The number of anilines is 1. The Kier molecular flexibility index (Phi) is 6.01. The predicted octanol–water partition coefficient (Wildman–Crippen LogP) is 6.92. The summed E-state index contributed by atoms with van der Waals surface area (Å²) in [6.45, 7) is 2.30. The van der Waals surface area contributed by atoms with E-state index in [1.807, 2.05) is 6.92 Å². The van der Waals surface area contributed by atoms with Crippen LogP contribution in [0.15, 0.2) is 88.5 Å². The maximum atomic E-state index is 13.7. The van der Waals surface area contributed by atoms with E-state index in [2.05, 4.69) is 0 Å². The highest BCUT2D eigenvalue weighted by molar-refractivity contribution is 6.31. The minimum atomic E-state index is -0.916. The quantitative estimate of drug-likeness (QED) is 0.286. The Morgan fingerprint density at radius 3 is 2.51 bits per heavy atom. The van der Waals surface area contributed by atoms with Crippen molar-refractivity contribution in [2.75, 3.05) is 11.5 Å². The first-order chi connectivity index (χ1) is 16.9. The molecule has 1 amide bonds. The van der Waals surface area contributed by atoms with Crippen LogP contribution in [0.3, 0.4) is 0 Å². The molecule has 1 unspecified atom stereocenters. The molecule has 5 rings (SSSR count). The van der Waals surface area contributed by atoms with Crippen LogP contribution in [-0.4, -0.2) is 23.4 Å². The van der Waals surface area contributed by atoms with Crippen LogP contribution in [0.2, 0.25) is 10.0 Å². The second kappa shape index (κ2) is 9.13. The number of aliphatic hydroxyl groups excluding tert-OH is 1. The number of Topliss-reactive ketones (excluding diaryl/α,β-unsaturated/α-hetero) is 1. The molecule has 3 aromatic carbocycles. The molecular formula is C27H19Cl2NO5. The molecule has 176 valence electrons. The van der Waals surface area contributed by atoms with E-state index in [1.165, 1.54) is 4.90 Å². The number of hydrogen-bond donors (Lipinski definition) is 1. The fourth-order valence-corrected chi connectivity index (χ4v) is 4.52. The Morgan fingerprint density at radius 1 is 1.03 bits per heavy atom. The summed E-state index contributed by atoms with van der Waals surface area (Å²) in [5.41, 5.74) is 1.43. The van der Waals surface area contributed by atoms with Gasteiger partial charge in [0.2, 0.25) is 5.78 Å². The molecule has 2 heterocycles. The second-order valence-electron chi connectivity index (χ2n) is 7.94. The van der Waals surface area contributed by atoms with E-state index in [9.17, 15) is 14.7 Å². The van der Waals surface area contributed by atoms with Crippen LogP contribution in [0.4, 0.5) is 5.69 Å². The molecule has 0 saturated carbocycles. The summed E-state index contributed by atoms with van der Waals surface area (Å²) >= 11 is 12.2. The van der Waals surface area contributed by atoms with Gasteiger partial charge >= 0.3 is 0 Å². The zero-order chi connectivity index (χ0) is 24.7. The van der Waals surface area contributed by atoms with Crippen LogP contribution < -0.4 is 9.64 Å². The highest BCUT2D eigenvalue weighted by Gasteiger charge is 2.45. The second-order valence-corrected chi connectivity index (χ2v) is 8.82. The van der Waals surface area contributed by atoms with E-state index >= 15 is 0 Å². The zero-order valence-electron chi connectivity index (χ0n) is 18.5. The van der Waals surface area contributed by atoms with Crippen LogP contribution in [-0.2, 0) is 4.79 Å². The third-order valence-electron chi connectivity index (χ3n) is 5.75. The maximum absolute atomic E-state index is 13.7. The van der Waals surface area contributed by atoms with Crippen molar-refractivity contribution >= 4 is 51.5 Å². The van der Waals surface area contributed by atoms with Crippen molar-refractivity contribution < 1.29 is 23.8 Å². The predicted molar refractivity (Wildman–Crippen MR) is 134 cm³/mol. The van der Waals surface area contributed by atoms with Gasteiger partial charge < -0.3 is 14.3 Å². The highest BCUT2D eigenvalue weighted by atomic mass is 35.5. The van der Waals surface area contributed by atoms with Crippen molar-refractivity contribution in [2.24, 2.45) is 0 Å². The van der Waals surface area contributed by atoms with Crippen molar-refractivity contribution in [3.63, 3.8) is 0 Å². The summed E-state index contributed by atoms with van der Waals surface area (Å²) < 4.78 is 11.3. The minimum Gasteiger partial charge on any atom is -0.503 e. The number of amides is 1. The van der Waals surface area contributed by atoms with Crippen LogP contribution in [0, 0.1) is 0 Å². The molecular weight excluding hydrogens is 489 g/mol.